The summed E-state index contributed by atoms with van der Waals surface area (Å²) < 4.78 is 2.16. The lowest BCUT2D eigenvalue weighted by molar-refractivity contribution is -0.592. The number of aromatic nitrogens is 2. The summed E-state index contributed by atoms with van der Waals surface area (Å²) in [5.74, 6) is 0. The van der Waals surface area contributed by atoms with Gasteiger partial charge in [0.15, 0.2) is 12.4 Å². The van der Waals surface area contributed by atoms with Crippen molar-refractivity contribution in [1.82, 2.24) is 4.98 Å². The number of para-hydroxylation sites is 2. The quantitative estimate of drug-likeness (QED) is 0.375. The van der Waals surface area contributed by atoms with E-state index in [9.17, 15) is 0 Å². The fourth-order valence-electron chi connectivity index (χ4n) is 2.64. The van der Waals surface area contributed by atoms with E-state index in [1.54, 1.807) is 0 Å². The molecule has 0 aliphatic rings. The highest BCUT2D eigenvalue weighted by atomic mass is 14.9. The molecule has 0 radical (unpaired) electrons. The molecular weight excluding hydrogens is 244 g/mol. The SMILES string of the molecule is c1cc[n+](-c2c3ccccc3nc3ccccc23)cc1. The zero-order valence-electron chi connectivity index (χ0n) is 10.9. The summed E-state index contributed by atoms with van der Waals surface area (Å²) in [5.41, 5.74) is 3.24. The van der Waals surface area contributed by atoms with E-state index >= 15 is 0 Å². The first-order valence-electron chi connectivity index (χ1n) is 6.68. The standard InChI is InChI=1S/C18H13N2/c1-6-12-20(13-7-1)18-14-8-2-4-10-16(14)19-17-11-5-3-9-15(17)18/h1-13H/q+1. The van der Waals surface area contributed by atoms with Gasteiger partial charge in [-0.15, -0.1) is 0 Å². The van der Waals surface area contributed by atoms with Crippen molar-refractivity contribution >= 4 is 21.8 Å². The molecule has 2 heteroatoms. The van der Waals surface area contributed by atoms with Gasteiger partial charge in [0.1, 0.15) is 0 Å². The van der Waals surface area contributed by atoms with Crippen LogP contribution in [0.5, 0.6) is 0 Å². The van der Waals surface area contributed by atoms with Gasteiger partial charge in [0.25, 0.3) is 0 Å². The Kier molecular flexibility index (Phi) is 2.46. The molecule has 0 saturated carbocycles. The smallest absolute Gasteiger partial charge is 0.229 e. The molecule has 94 valence electrons. The van der Waals surface area contributed by atoms with Crippen molar-refractivity contribution in [2.45, 2.75) is 0 Å². The van der Waals surface area contributed by atoms with Gasteiger partial charge in [-0.05, 0) is 24.3 Å². The van der Waals surface area contributed by atoms with E-state index in [0.29, 0.717) is 0 Å². The van der Waals surface area contributed by atoms with Crippen LogP contribution in [-0.2, 0) is 0 Å². The van der Waals surface area contributed by atoms with Gasteiger partial charge in [-0.1, -0.05) is 30.3 Å². The summed E-state index contributed by atoms with van der Waals surface area (Å²) in [6.45, 7) is 0. The number of pyridine rings is 2. The van der Waals surface area contributed by atoms with Crippen LogP contribution in [-0.4, -0.2) is 4.98 Å². The van der Waals surface area contributed by atoms with Crippen LogP contribution < -0.4 is 4.57 Å². The summed E-state index contributed by atoms with van der Waals surface area (Å²) in [6, 6.07) is 22.7. The van der Waals surface area contributed by atoms with Crippen LogP contribution in [0.25, 0.3) is 27.5 Å². The minimum Gasteiger partial charge on any atom is -0.247 e. The number of fused-ring (bicyclic) bond motifs is 2. The average molecular weight is 257 g/mol. The van der Waals surface area contributed by atoms with E-state index in [1.165, 1.54) is 16.5 Å². The summed E-state index contributed by atoms with van der Waals surface area (Å²) >= 11 is 0. The summed E-state index contributed by atoms with van der Waals surface area (Å²) in [5, 5.41) is 2.34. The first-order chi connectivity index (χ1) is 9.93. The van der Waals surface area contributed by atoms with Crippen molar-refractivity contribution in [2.75, 3.05) is 0 Å². The van der Waals surface area contributed by atoms with Gasteiger partial charge in [0.05, 0.1) is 21.8 Å². The molecule has 0 spiro atoms. The van der Waals surface area contributed by atoms with E-state index in [4.69, 9.17) is 4.98 Å². The fraction of sp³-hybridized carbons (Fsp3) is 0. The average Bonchev–Trinajstić information content (AvgIpc) is 2.53. The maximum absolute atomic E-state index is 4.75. The number of benzene rings is 2. The molecule has 20 heavy (non-hydrogen) atoms. The van der Waals surface area contributed by atoms with Gasteiger partial charge in [-0.25, -0.2) is 4.98 Å². The van der Waals surface area contributed by atoms with Crippen LogP contribution in [0.4, 0.5) is 0 Å². The van der Waals surface area contributed by atoms with Gasteiger partial charge in [0, 0.05) is 12.1 Å². The summed E-state index contributed by atoms with van der Waals surface area (Å²) in [6.07, 6.45) is 4.16. The second kappa shape index (κ2) is 4.42. The number of nitrogens with zero attached hydrogens (tertiary/aromatic N) is 2. The first kappa shape index (κ1) is 11.1. The molecule has 0 unspecified atom stereocenters. The molecule has 4 rings (SSSR count). The highest BCUT2D eigenvalue weighted by Gasteiger charge is 2.16. The summed E-state index contributed by atoms with van der Waals surface area (Å²) in [7, 11) is 0. The van der Waals surface area contributed by atoms with Gasteiger partial charge in [0.2, 0.25) is 5.69 Å². The van der Waals surface area contributed by atoms with E-state index in [1.807, 2.05) is 30.3 Å². The molecule has 0 saturated heterocycles. The Labute approximate surface area is 117 Å². The Hall–Kier alpha value is -2.74. The first-order valence-corrected chi connectivity index (χ1v) is 6.68. The largest absolute Gasteiger partial charge is 0.247 e. The monoisotopic (exact) mass is 257 g/mol. The van der Waals surface area contributed by atoms with E-state index in [2.05, 4.69) is 53.4 Å². The molecule has 2 aromatic carbocycles. The van der Waals surface area contributed by atoms with Crippen LogP contribution >= 0.6 is 0 Å². The van der Waals surface area contributed by atoms with Crippen molar-refractivity contribution in [3.63, 3.8) is 0 Å². The lowest BCUT2D eigenvalue weighted by Crippen LogP contribution is -2.29. The normalized spacial score (nSPS) is 11.0. The number of rotatable bonds is 1. The van der Waals surface area contributed by atoms with Crippen molar-refractivity contribution in [1.29, 1.82) is 0 Å². The lowest BCUT2D eigenvalue weighted by atomic mass is 10.1. The van der Waals surface area contributed by atoms with Gasteiger partial charge in [-0.2, -0.15) is 4.57 Å². The molecule has 0 fully saturated rings. The molecule has 2 aromatic heterocycles. The van der Waals surface area contributed by atoms with Crippen LogP contribution in [0.2, 0.25) is 0 Å². The fourth-order valence-corrected chi connectivity index (χ4v) is 2.64. The van der Waals surface area contributed by atoms with E-state index in [0.717, 1.165) is 11.0 Å². The van der Waals surface area contributed by atoms with Crippen LogP contribution in [0.15, 0.2) is 79.1 Å². The molecule has 0 bridgehead atoms. The lowest BCUT2D eigenvalue weighted by Gasteiger charge is -2.05. The predicted molar refractivity (Wildman–Crippen MR) is 80.8 cm³/mol. The third kappa shape index (κ3) is 1.66. The Morgan fingerprint density at radius 1 is 0.600 bits per heavy atom. The molecule has 2 heterocycles. The molecule has 0 amide bonds. The van der Waals surface area contributed by atoms with E-state index in [-0.39, 0.29) is 0 Å². The topological polar surface area (TPSA) is 16.8 Å². The van der Waals surface area contributed by atoms with Gasteiger partial charge < -0.3 is 0 Å². The Balaban J connectivity index is 2.24. The van der Waals surface area contributed by atoms with Crippen LogP contribution in [0.1, 0.15) is 0 Å². The molecule has 0 aliphatic carbocycles. The minimum absolute atomic E-state index is 1.03. The van der Waals surface area contributed by atoms with Crippen molar-refractivity contribution in [3.8, 4) is 5.69 Å². The zero-order chi connectivity index (χ0) is 13.4. The van der Waals surface area contributed by atoms with Crippen molar-refractivity contribution in [2.24, 2.45) is 0 Å². The predicted octanol–water partition coefficient (Wildman–Crippen LogP) is 3.66. The number of hydrogen-bond donors (Lipinski definition) is 0. The maximum atomic E-state index is 4.75. The van der Waals surface area contributed by atoms with Gasteiger partial charge in [-0.3, -0.25) is 0 Å². The second-order valence-corrected chi connectivity index (χ2v) is 4.78. The highest BCUT2D eigenvalue weighted by molar-refractivity contribution is 6.00. The van der Waals surface area contributed by atoms with Crippen molar-refractivity contribution < 1.29 is 4.57 Å². The maximum Gasteiger partial charge on any atom is 0.229 e. The molecule has 0 N–H and O–H groups in total. The second-order valence-electron chi connectivity index (χ2n) is 4.78. The molecule has 4 aromatic rings. The van der Waals surface area contributed by atoms with Crippen LogP contribution in [0, 0.1) is 0 Å². The third-order valence-electron chi connectivity index (χ3n) is 3.53. The Bertz CT molecular complexity index is 845. The minimum atomic E-state index is 1.03. The highest BCUT2D eigenvalue weighted by Crippen LogP contribution is 2.25. The Morgan fingerprint density at radius 2 is 1.15 bits per heavy atom. The number of hydrogen-bond acceptors (Lipinski definition) is 1. The zero-order valence-corrected chi connectivity index (χ0v) is 10.9. The van der Waals surface area contributed by atoms with E-state index < -0.39 is 0 Å². The van der Waals surface area contributed by atoms with Gasteiger partial charge >= 0.3 is 0 Å². The molecular formula is C18H13N2+. The Morgan fingerprint density at radius 3 is 1.75 bits per heavy atom. The molecule has 0 atom stereocenters. The molecule has 2 nitrogen and oxygen atoms in total. The van der Waals surface area contributed by atoms with Crippen LogP contribution in [0.3, 0.4) is 0 Å². The summed E-state index contributed by atoms with van der Waals surface area (Å²) in [4.78, 5) is 4.75. The molecule has 0 aliphatic heterocycles. The van der Waals surface area contributed by atoms with Crippen molar-refractivity contribution in [3.05, 3.63) is 79.1 Å². The third-order valence-corrected chi connectivity index (χ3v) is 3.53.